The molecule has 96 valence electrons. The Morgan fingerprint density at radius 3 is 2.65 bits per heavy atom. The number of aryl methyl sites for hydroxylation is 1. The second kappa shape index (κ2) is 5.51. The molecule has 3 heteroatoms. The van der Waals surface area contributed by atoms with E-state index in [1.165, 1.54) is 29.0 Å². The molecule has 0 amide bonds. The molecule has 2 nitrogen and oxygen atoms in total. The first-order valence-electron chi connectivity index (χ1n) is 6.54. The van der Waals surface area contributed by atoms with E-state index >= 15 is 0 Å². The molecule has 17 heavy (non-hydrogen) atoms. The summed E-state index contributed by atoms with van der Waals surface area (Å²) in [5.41, 5.74) is 0.143. The fourth-order valence-electron chi connectivity index (χ4n) is 2.55. The van der Waals surface area contributed by atoms with Gasteiger partial charge in [-0.2, -0.15) is 0 Å². The lowest BCUT2D eigenvalue weighted by molar-refractivity contribution is -0.0832. The van der Waals surface area contributed by atoms with Crippen LogP contribution in [-0.4, -0.2) is 19.8 Å². The summed E-state index contributed by atoms with van der Waals surface area (Å²) >= 11 is 1.93. The molecule has 2 rings (SSSR count). The zero-order chi connectivity index (χ0) is 12.3. The molecule has 0 saturated heterocycles. The monoisotopic (exact) mass is 253 g/mol. The fraction of sp³-hybridized carbons (Fsp3) is 0.714. The van der Waals surface area contributed by atoms with Gasteiger partial charge in [-0.15, -0.1) is 11.3 Å². The van der Waals surface area contributed by atoms with Crippen molar-refractivity contribution in [3.05, 3.63) is 21.9 Å². The molecule has 0 spiro atoms. The van der Waals surface area contributed by atoms with Gasteiger partial charge in [-0.25, -0.2) is 0 Å². The highest BCUT2D eigenvalue weighted by molar-refractivity contribution is 7.12. The van der Waals surface area contributed by atoms with Gasteiger partial charge in [0.25, 0.3) is 0 Å². The summed E-state index contributed by atoms with van der Waals surface area (Å²) in [4.78, 5) is 2.92. The van der Waals surface area contributed by atoms with Crippen LogP contribution in [0, 0.1) is 0 Å². The average molecular weight is 253 g/mol. The van der Waals surface area contributed by atoms with Crippen LogP contribution < -0.4 is 5.32 Å². The minimum Gasteiger partial charge on any atom is -0.378 e. The number of thiophene rings is 1. The average Bonchev–Trinajstić information content (AvgIpc) is 2.77. The van der Waals surface area contributed by atoms with E-state index in [-0.39, 0.29) is 5.60 Å². The van der Waals surface area contributed by atoms with E-state index in [4.69, 9.17) is 4.74 Å². The van der Waals surface area contributed by atoms with Crippen LogP contribution >= 0.6 is 11.3 Å². The van der Waals surface area contributed by atoms with Gasteiger partial charge >= 0.3 is 0 Å². The Kier molecular flexibility index (Phi) is 4.23. The number of hydrogen-bond acceptors (Lipinski definition) is 3. The second-order valence-corrected chi connectivity index (χ2v) is 6.14. The van der Waals surface area contributed by atoms with Crippen molar-refractivity contribution in [2.45, 2.75) is 50.7 Å². The van der Waals surface area contributed by atoms with Crippen molar-refractivity contribution in [2.24, 2.45) is 0 Å². The molecule has 1 unspecified atom stereocenters. The van der Waals surface area contributed by atoms with Crippen molar-refractivity contribution < 1.29 is 4.74 Å². The summed E-state index contributed by atoms with van der Waals surface area (Å²) in [5.74, 6) is 0. The smallest absolute Gasteiger partial charge is 0.0697 e. The van der Waals surface area contributed by atoms with Crippen LogP contribution in [0.1, 0.15) is 48.4 Å². The maximum absolute atomic E-state index is 5.73. The Morgan fingerprint density at radius 2 is 2.24 bits per heavy atom. The predicted molar refractivity (Wildman–Crippen MR) is 73.7 cm³/mol. The molecule has 0 aromatic carbocycles. The summed E-state index contributed by atoms with van der Waals surface area (Å²) in [7, 11) is 3.91. The van der Waals surface area contributed by atoms with Crippen LogP contribution in [0.3, 0.4) is 0 Å². The minimum atomic E-state index is 0.143. The van der Waals surface area contributed by atoms with E-state index in [1.807, 2.05) is 18.4 Å². The molecular formula is C14H23NOS. The molecular weight excluding hydrogens is 230 g/mol. The molecule has 1 heterocycles. The van der Waals surface area contributed by atoms with Crippen LogP contribution in [0.2, 0.25) is 0 Å². The third-order valence-electron chi connectivity index (χ3n) is 4.00. The highest BCUT2D eigenvalue weighted by Crippen LogP contribution is 2.42. The van der Waals surface area contributed by atoms with Crippen molar-refractivity contribution in [2.75, 3.05) is 14.2 Å². The molecule has 1 aliphatic carbocycles. The van der Waals surface area contributed by atoms with E-state index in [0.717, 1.165) is 12.8 Å². The molecule has 0 radical (unpaired) electrons. The van der Waals surface area contributed by atoms with Crippen LogP contribution in [0.25, 0.3) is 0 Å². The van der Waals surface area contributed by atoms with Gasteiger partial charge in [0.05, 0.1) is 5.60 Å². The highest BCUT2D eigenvalue weighted by atomic mass is 32.1. The lowest BCUT2D eigenvalue weighted by atomic mass is 9.75. The fourth-order valence-corrected chi connectivity index (χ4v) is 3.61. The Morgan fingerprint density at radius 1 is 1.47 bits per heavy atom. The molecule has 1 N–H and O–H groups in total. The molecule has 1 aromatic rings. The standard InChI is InChI=1S/C14H23NOS/c1-4-11-6-7-13(17-11)12(15-2)10-14(16-3)8-5-9-14/h6-7,12,15H,4-5,8-10H2,1-3H3. The number of ether oxygens (including phenoxy) is 1. The van der Waals surface area contributed by atoms with E-state index in [0.29, 0.717) is 6.04 Å². The second-order valence-electron chi connectivity index (χ2n) is 4.94. The maximum atomic E-state index is 5.73. The zero-order valence-electron chi connectivity index (χ0n) is 11.1. The first-order valence-corrected chi connectivity index (χ1v) is 7.35. The van der Waals surface area contributed by atoms with Crippen molar-refractivity contribution in [3.63, 3.8) is 0 Å². The molecule has 0 bridgehead atoms. The maximum Gasteiger partial charge on any atom is 0.0697 e. The van der Waals surface area contributed by atoms with Gasteiger partial charge in [0.2, 0.25) is 0 Å². The van der Waals surface area contributed by atoms with E-state index in [2.05, 4.69) is 31.4 Å². The van der Waals surface area contributed by atoms with Crippen molar-refractivity contribution in [3.8, 4) is 0 Å². The summed E-state index contributed by atoms with van der Waals surface area (Å²) in [5, 5.41) is 3.44. The minimum absolute atomic E-state index is 0.143. The third-order valence-corrected chi connectivity index (χ3v) is 5.34. The normalized spacial score (nSPS) is 19.9. The van der Waals surface area contributed by atoms with Gasteiger partial charge < -0.3 is 10.1 Å². The molecule has 0 aliphatic heterocycles. The summed E-state index contributed by atoms with van der Waals surface area (Å²) < 4.78 is 5.73. The first-order chi connectivity index (χ1) is 8.23. The zero-order valence-corrected chi connectivity index (χ0v) is 11.9. The van der Waals surface area contributed by atoms with Gasteiger partial charge in [0.15, 0.2) is 0 Å². The third kappa shape index (κ3) is 2.72. The summed E-state index contributed by atoms with van der Waals surface area (Å²) in [6, 6.07) is 4.97. The van der Waals surface area contributed by atoms with Crippen LogP contribution in [0.5, 0.6) is 0 Å². The van der Waals surface area contributed by atoms with Gasteiger partial charge in [0, 0.05) is 22.9 Å². The van der Waals surface area contributed by atoms with E-state index < -0.39 is 0 Å². The van der Waals surface area contributed by atoms with Crippen molar-refractivity contribution in [1.82, 2.24) is 5.32 Å². The van der Waals surface area contributed by atoms with Gasteiger partial charge in [-0.3, -0.25) is 0 Å². The topological polar surface area (TPSA) is 21.3 Å². The Labute approximate surface area is 108 Å². The summed E-state index contributed by atoms with van der Waals surface area (Å²) in [6.45, 7) is 2.21. The van der Waals surface area contributed by atoms with Gasteiger partial charge in [-0.05, 0) is 51.3 Å². The largest absolute Gasteiger partial charge is 0.378 e. The van der Waals surface area contributed by atoms with Crippen molar-refractivity contribution >= 4 is 11.3 Å². The SMILES string of the molecule is CCc1ccc(C(CC2(OC)CCC2)NC)s1. The Bertz CT molecular complexity index is 351. The Balaban J connectivity index is 2.05. The van der Waals surface area contributed by atoms with Crippen LogP contribution in [-0.2, 0) is 11.2 Å². The lowest BCUT2D eigenvalue weighted by Crippen LogP contribution is -2.42. The van der Waals surface area contributed by atoms with E-state index in [9.17, 15) is 0 Å². The van der Waals surface area contributed by atoms with Crippen LogP contribution in [0.15, 0.2) is 12.1 Å². The number of nitrogens with one attached hydrogen (secondary N) is 1. The van der Waals surface area contributed by atoms with Crippen LogP contribution in [0.4, 0.5) is 0 Å². The summed E-state index contributed by atoms with van der Waals surface area (Å²) in [6.07, 6.45) is 5.98. The number of hydrogen-bond donors (Lipinski definition) is 1. The predicted octanol–water partition coefficient (Wildman–Crippen LogP) is 3.53. The van der Waals surface area contributed by atoms with Gasteiger partial charge in [-0.1, -0.05) is 6.92 Å². The van der Waals surface area contributed by atoms with E-state index in [1.54, 1.807) is 0 Å². The number of methoxy groups -OCH3 is 1. The Hall–Kier alpha value is -0.380. The quantitative estimate of drug-likeness (QED) is 0.837. The lowest BCUT2D eigenvalue weighted by Gasteiger charge is -2.42. The molecule has 1 fully saturated rings. The highest BCUT2D eigenvalue weighted by Gasteiger charge is 2.39. The molecule has 1 saturated carbocycles. The molecule has 1 atom stereocenters. The first kappa shape index (κ1) is 13.1. The molecule has 1 aromatic heterocycles. The number of rotatable bonds is 6. The van der Waals surface area contributed by atoms with Gasteiger partial charge in [0.1, 0.15) is 0 Å². The molecule has 1 aliphatic rings. The van der Waals surface area contributed by atoms with Crippen molar-refractivity contribution in [1.29, 1.82) is 0 Å².